The Bertz CT molecular complexity index is 5200. The first-order chi connectivity index (χ1) is 42.9. The van der Waals surface area contributed by atoms with Crippen molar-refractivity contribution in [2.45, 2.75) is 75.9 Å². The predicted octanol–water partition coefficient (Wildman–Crippen LogP) is 10.3. The van der Waals surface area contributed by atoms with Crippen LogP contribution in [0.15, 0.2) is 184 Å². The zero-order valence-electron chi connectivity index (χ0n) is 53.4. The van der Waals surface area contributed by atoms with Crippen molar-refractivity contribution in [3.63, 3.8) is 0 Å². The van der Waals surface area contributed by atoms with Gasteiger partial charge in [-0.05, 0) is 169 Å². The summed E-state index contributed by atoms with van der Waals surface area (Å²) in [6.45, 7) is 24.0. The zero-order valence-corrected chi connectivity index (χ0v) is 53.4. The van der Waals surface area contributed by atoms with Crippen molar-refractivity contribution in [1.82, 2.24) is 15.0 Å². The number of hydrogen-bond acceptors (Lipinski definition) is 9. The smallest absolute Gasteiger partial charge is 0.405 e. The lowest BCUT2D eigenvalue weighted by Crippen LogP contribution is -2.50. The van der Waals surface area contributed by atoms with Gasteiger partial charge in [-0.3, -0.25) is 14.4 Å². The van der Waals surface area contributed by atoms with E-state index < -0.39 is 0 Å². The van der Waals surface area contributed by atoms with E-state index in [0.717, 1.165) is 88.3 Å². The molecule has 3 aliphatic rings. The number of anilines is 3. The van der Waals surface area contributed by atoms with Crippen LogP contribution in [-0.4, -0.2) is 35.5 Å². The molecule has 12 heterocycles. The molecule has 3 aromatic carbocycles. The first kappa shape index (κ1) is 58.0. The average Bonchev–Trinajstić information content (AvgIpc) is 1.77. The molecule has 9 aromatic heterocycles. The standard InChI is InChI=1S/2C25H25BN3O.C24H23BN3O/c1-16-15-28(5)23(13-21(16)19-9-7-6-8-10-19)29-18(3)24-20-12-11-17(2)27-25(20)30-22(24)14-26(29)4;1-16-13-23(28(5)15-22(16)19-9-7-6-8-10-19)29-18(3)24-21(14-26(29)4)20-12-11-17(2)27-25(20)30-24;1-16-10-11-20-23-17(2)28(25(3)15-21(23)29-24(20)26-16)22-14-19(12-13-27(22)4)18-8-6-5-7-9-18/h2*6-15H,1-5H3;5-15H,1-4H3/q3*+1. The van der Waals surface area contributed by atoms with Crippen molar-refractivity contribution in [1.29, 1.82) is 0 Å². The van der Waals surface area contributed by atoms with E-state index in [1.807, 2.05) is 45.0 Å². The first-order valence-electron chi connectivity index (χ1n) is 30.7. The topological polar surface area (TPSA) is 99.5 Å². The normalized spacial score (nSPS) is 13.6. The molecule has 3 aliphatic heterocycles. The molecule has 0 radical (unpaired) electrons. The minimum atomic E-state index is 0.164. The minimum absolute atomic E-state index is 0.164. The van der Waals surface area contributed by atoms with Gasteiger partial charge in [-0.1, -0.05) is 97.0 Å². The Labute approximate surface area is 520 Å². The molecule has 0 atom stereocenters. The molecule has 15 heteroatoms. The van der Waals surface area contributed by atoms with Gasteiger partial charge in [-0.25, -0.2) is 28.7 Å². The Morgan fingerprint density at radius 2 is 0.820 bits per heavy atom. The summed E-state index contributed by atoms with van der Waals surface area (Å²) in [5.74, 6) is 10.1. The molecular formula is C74H73B3N9O3+3. The van der Waals surface area contributed by atoms with Crippen molar-refractivity contribution in [2.24, 2.45) is 21.1 Å². The Hall–Kier alpha value is -10.0. The summed E-state index contributed by atoms with van der Waals surface area (Å²) in [4.78, 5) is 20.9. The van der Waals surface area contributed by atoms with E-state index in [1.54, 1.807) is 0 Å². The van der Waals surface area contributed by atoms with Gasteiger partial charge in [0.25, 0.3) is 17.5 Å². The third kappa shape index (κ3) is 10.6. The number of hydrogen-bond donors (Lipinski definition) is 0. The minimum Gasteiger partial charge on any atom is -0.439 e. The summed E-state index contributed by atoms with van der Waals surface area (Å²) in [7, 11) is 6.32. The van der Waals surface area contributed by atoms with Crippen LogP contribution in [0.3, 0.4) is 0 Å². The SMILES string of the molecule is CB1C=c2c(oc3nc(C)ccc23)=C(C)N1c1cc(C)c(-c2ccccc2)c[n+]1C.CB1C=c2oc3nc(C)ccc3c2=C(C)N1c1cc(-c2ccccc2)c(C)c[n+]1C.CB1C=c2oc3nc(C)ccc3c2=C(C)N1c1cc(-c2ccccc2)cc[n+]1C. The van der Waals surface area contributed by atoms with Crippen LogP contribution < -0.4 is 60.0 Å². The van der Waals surface area contributed by atoms with Gasteiger partial charge >= 0.3 is 20.5 Å². The van der Waals surface area contributed by atoms with Crippen LogP contribution in [-0.2, 0) is 21.1 Å². The second kappa shape index (κ2) is 23.3. The molecule has 15 rings (SSSR count). The van der Waals surface area contributed by atoms with Crippen molar-refractivity contribution >= 4 is 106 Å². The second-order valence-electron chi connectivity index (χ2n) is 24.2. The van der Waals surface area contributed by atoms with Crippen LogP contribution in [0.2, 0.25) is 20.5 Å². The van der Waals surface area contributed by atoms with Crippen molar-refractivity contribution in [3.8, 4) is 33.4 Å². The van der Waals surface area contributed by atoms with Gasteiger partial charge in [0.2, 0.25) is 17.1 Å². The van der Waals surface area contributed by atoms with Gasteiger partial charge < -0.3 is 13.3 Å². The highest BCUT2D eigenvalue weighted by atomic mass is 16.3. The van der Waals surface area contributed by atoms with E-state index >= 15 is 0 Å². The Morgan fingerprint density at radius 1 is 0.382 bits per heavy atom. The first-order valence-corrected chi connectivity index (χ1v) is 30.7. The molecule has 0 saturated heterocycles. The van der Waals surface area contributed by atoms with E-state index in [9.17, 15) is 0 Å². The summed E-state index contributed by atoms with van der Waals surface area (Å²) in [6.07, 6.45) is 6.57. The molecule has 0 N–H and O–H groups in total. The molecule has 0 saturated carbocycles. The van der Waals surface area contributed by atoms with Crippen LogP contribution in [0.5, 0.6) is 0 Å². The predicted molar refractivity (Wildman–Crippen MR) is 366 cm³/mol. The van der Waals surface area contributed by atoms with E-state index in [0.29, 0.717) is 17.1 Å². The lowest BCUT2D eigenvalue weighted by Gasteiger charge is -2.24. The number of pyridine rings is 6. The highest BCUT2D eigenvalue weighted by molar-refractivity contribution is 6.78. The number of fused-ring (bicyclic) bond motifs is 9. The maximum absolute atomic E-state index is 6.22. The Kier molecular flexibility index (Phi) is 15.2. The number of nitrogens with zero attached hydrogens (tertiary/aromatic N) is 9. The highest BCUT2D eigenvalue weighted by Gasteiger charge is 2.37. The molecule has 438 valence electrons. The summed E-state index contributed by atoms with van der Waals surface area (Å²) in [5.41, 5.74) is 21.2. The zero-order chi connectivity index (χ0) is 62.1. The Balaban J connectivity index is 0.000000123. The van der Waals surface area contributed by atoms with E-state index in [2.05, 4.69) is 283 Å². The highest BCUT2D eigenvalue weighted by Crippen LogP contribution is 2.31. The second-order valence-corrected chi connectivity index (χ2v) is 24.2. The average molecular weight is 1170 g/mol. The van der Waals surface area contributed by atoms with Gasteiger partial charge in [0.15, 0.2) is 5.42 Å². The van der Waals surface area contributed by atoms with Gasteiger partial charge in [0.1, 0.15) is 16.5 Å². The number of aromatic nitrogens is 6. The van der Waals surface area contributed by atoms with Crippen LogP contribution in [0.1, 0.15) is 49.0 Å². The van der Waals surface area contributed by atoms with E-state index in [4.69, 9.17) is 13.3 Å². The fourth-order valence-corrected chi connectivity index (χ4v) is 13.4. The molecule has 12 aromatic rings. The fourth-order valence-electron chi connectivity index (χ4n) is 13.4. The van der Waals surface area contributed by atoms with E-state index in [1.165, 1.54) is 55.9 Å². The summed E-state index contributed by atoms with van der Waals surface area (Å²) in [5, 5.41) is 6.64. The van der Waals surface area contributed by atoms with Gasteiger partial charge in [0.05, 0.1) is 72.3 Å². The third-order valence-electron chi connectivity index (χ3n) is 17.8. The fraction of sp³-hybridized carbons (Fsp3) is 0.189. The third-order valence-corrected chi connectivity index (χ3v) is 17.8. The number of rotatable bonds is 6. The van der Waals surface area contributed by atoms with Crippen molar-refractivity contribution in [2.75, 3.05) is 14.4 Å². The van der Waals surface area contributed by atoms with Crippen molar-refractivity contribution in [3.05, 3.63) is 230 Å². The lowest BCUT2D eigenvalue weighted by molar-refractivity contribution is -0.658. The molecule has 89 heavy (non-hydrogen) atoms. The van der Waals surface area contributed by atoms with Gasteiger partial charge in [-0.15, -0.1) is 0 Å². The molecule has 0 unspecified atom stereocenters. The Morgan fingerprint density at radius 3 is 1.36 bits per heavy atom. The molecule has 0 spiro atoms. The van der Waals surface area contributed by atoms with Gasteiger partial charge in [-0.2, -0.15) is 0 Å². The lowest BCUT2D eigenvalue weighted by atomic mass is 9.60. The molecule has 12 nitrogen and oxygen atoms in total. The molecular weight excluding hydrogens is 1100 g/mol. The quantitative estimate of drug-likeness (QED) is 0.119. The van der Waals surface area contributed by atoms with Crippen LogP contribution >= 0.6 is 0 Å². The summed E-state index contributed by atoms with van der Waals surface area (Å²) in [6, 6.07) is 53.1. The van der Waals surface area contributed by atoms with Gasteiger partial charge in [0, 0.05) is 51.4 Å². The molecule has 0 bridgehead atoms. The number of benzene rings is 3. The van der Waals surface area contributed by atoms with E-state index in [-0.39, 0.29) is 20.5 Å². The monoisotopic (exact) mass is 1170 g/mol. The molecule has 0 fully saturated rings. The number of aryl methyl sites for hydroxylation is 8. The van der Waals surface area contributed by atoms with Crippen LogP contribution in [0.4, 0.5) is 17.5 Å². The number of furan rings is 3. The maximum Gasteiger partial charge on any atom is 0.405 e. The largest absolute Gasteiger partial charge is 0.439 e. The summed E-state index contributed by atoms with van der Waals surface area (Å²) < 4.78 is 25.0. The van der Waals surface area contributed by atoms with Crippen LogP contribution in [0.25, 0.3) is 102 Å². The molecule has 0 amide bonds. The van der Waals surface area contributed by atoms with Crippen molar-refractivity contribution < 1.29 is 27.0 Å². The maximum atomic E-state index is 6.22. The van der Waals surface area contributed by atoms with Crippen LogP contribution in [0, 0.1) is 34.6 Å². The summed E-state index contributed by atoms with van der Waals surface area (Å²) >= 11 is 0. The molecule has 0 aliphatic carbocycles.